The maximum atomic E-state index is 13.0. The highest BCUT2D eigenvalue weighted by Crippen LogP contribution is 2.52. The summed E-state index contributed by atoms with van der Waals surface area (Å²) in [6, 6.07) is 5.80. The van der Waals surface area contributed by atoms with Crippen LogP contribution in [0.25, 0.3) is 0 Å². The number of hydrogen-bond donors (Lipinski definition) is 1. The van der Waals surface area contributed by atoms with Crippen LogP contribution in [-0.2, 0) is 20.7 Å². The fourth-order valence-corrected chi connectivity index (χ4v) is 4.49. The number of rotatable bonds is 5. The fourth-order valence-electron chi connectivity index (χ4n) is 4.49. The van der Waals surface area contributed by atoms with E-state index in [4.69, 9.17) is 4.74 Å². The number of hydrogen-bond acceptors (Lipinski definition) is 4. The molecule has 0 radical (unpaired) electrons. The van der Waals surface area contributed by atoms with Crippen LogP contribution in [0.1, 0.15) is 26.5 Å². The lowest BCUT2D eigenvalue weighted by molar-refractivity contribution is -0.138. The predicted octanol–water partition coefficient (Wildman–Crippen LogP) is 1.32. The first-order valence-corrected chi connectivity index (χ1v) is 9.29. The molecule has 0 aliphatic carbocycles. The summed E-state index contributed by atoms with van der Waals surface area (Å²) in [4.78, 5) is 32.0. The number of likely N-dealkylation sites (tertiary alicyclic amines) is 1. The number of carbonyl (C=O) groups excluding carboxylic acids is 2. The van der Waals surface area contributed by atoms with Crippen molar-refractivity contribution in [2.24, 2.45) is 11.8 Å². The second kappa shape index (κ2) is 6.20. The Morgan fingerprint density at radius 3 is 2.92 bits per heavy atom. The Kier molecular flexibility index (Phi) is 4.10. The smallest absolute Gasteiger partial charge is 0.230 e. The molecular formula is C20H25N3O3. The molecule has 2 amide bonds. The number of pyridine rings is 1. The Balaban J connectivity index is 1.48. The Morgan fingerprint density at radius 1 is 1.42 bits per heavy atom. The van der Waals surface area contributed by atoms with Crippen LogP contribution < -0.4 is 5.32 Å². The van der Waals surface area contributed by atoms with Crippen molar-refractivity contribution >= 4 is 11.8 Å². The average molecular weight is 355 g/mol. The van der Waals surface area contributed by atoms with Crippen LogP contribution in [0.15, 0.2) is 36.5 Å². The molecule has 0 saturated carbocycles. The molecule has 4 heterocycles. The lowest BCUT2D eigenvalue weighted by Crippen LogP contribution is -2.47. The minimum Gasteiger partial charge on any atom is -0.360 e. The molecule has 138 valence electrons. The van der Waals surface area contributed by atoms with Crippen LogP contribution in [0, 0.1) is 11.8 Å². The van der Waals surface area contributed by atoms with Crippen molar-refractivity contribution in [3.8, 4) is 0 Å². The van der Waals surface area contributed by atoms with Gasteiger partial charge in [-0.15, -0.1) is 0 Å². The van der Waals surface area contributed by atoms with Crippen LogP contribution in [0.3, 0.4) is 0 Å². The second-order valence-corrected chi connectivity index (χ2v) is 7.89. The Labute approximate surface area is 153 Å². The number of aromatic nitrogens is 1. The number of nitrogens with zero attached hydrogens (tertiary/aromatic N) is 2. The first kappa shape index (κ1) is 17.2. The normalized spacial score (nSPS) is 33.0. The van der Waals surface area contributed by atoms with Gasteiger partial charge in [0.2, 0.25) is 11.8 Å². The summed E-state index contributed by atoms with van der Waals surface area (Å²) in [5, 5.41) is 3.07. The third-order valence-electron chi connectivity index (χ3n) is 5.69. The summed E-state index contributed by atoms with van der Waals surface area (Å²) in [6.07, 6.45) is 6.04. The van der Waals surface area contributed by atoms with Gasteiger partial charge in [-0.3, -0.25) is 14.6 Å². The second-order valence-electron chi connectivity index (χ2n) is 7.89. The summed E-state index contributed by atoms with van der Waals surface area (Å²) in [5.74, 6) is -0.942. The van der Waals surface area contributed by atoms with Crippen LogP contribution in [0.5, 0.6) is 0 Å². The van der Waals surface area contributed by atoms with Crippen LogP contribution >= 0.6 is 0 Å². The SMILES string of the molecule is CC(C)N1C[C@]23C=C[C@@H](O2)[C@@H](C(=O)N[C@H](C)Cc2ccccn2)[C@@H]3C1=O. The number of carbonyl (C=O) groups is 2. The lowest BCUT2D eigenvalue weighted by Gasteiger charge is -2.25. The zero-order valence-corrected chi connectivity index (χ0v) is 15.4. The van der Waals surface area contributed by atoms with Gasteiger partial charge in [0.1, 0.15) is 5.60 Å². The number of fused-ring (bicyclic) bond motifs is 1. The summed E-state index contributed by atoms with van der Waals surface area (Å²) < 4.78 is 6.12. The monoisotopic (exact) mass is 355 g/mol. The molecule has 5 atom stereocenters. The van der Waals surface area contributed by atoms with Crippen molar-refractivity contribution in [2.75, 3.05) is 6.54 Å². The molecule has 6 heteroatoms. The quantitative estimate of drug-likeness (QED) is 0.809. The van der Waals surface area contributed by atoms with Crippen molar-refractivity contribution in [1.29, 1.82) is 0 Å². The van der Waals surface area contributed by atoms with Crippen molar-refractivity contribution in [2.45, 2.75) is 51.0 Å². The van der Waals surface area contributed by atoms with Gasteiger partial charge in [-0.25, -0.2) is 0 Å². The molecule has 0 unspecified atom stereocenters. The van der Waals surface area contributed by atoms with E-state index in [1.807, 2.05) is 56.0 Å². The van der Waals surface area contributed by atoms with E-state index in [1.165, 1.54) is 0 Å². The van der Waals surface area contributed by atoms with Crippen molar-refractivity contribution in [3.05, 3.63) is 42.2 Å². The molecular weight excluding hydrogens is 330 g/mol. The maximum absolute atomic E-state index is 13.0. The zero-order valence-electron chi connectivity index (χ0n) is 15.4. The first-order chi connectivity index (χ1) is 12.4. The molecule has 2 fully saturated rings. The van der Waals surface area contributed by atoms with Gasteiger partial charge < -0.3 is 15.0 Å². The summed E-state index contributed by atoms with van der Waals surface area (Å²) >= 11 is 0. The highest BCUT2D eigenvalue weighted by Gasteiger charge is 2.67. The summed E-state index contributed by atoms with van der Waals surface area (Å²) in [6.45, 7) is 6.49. The van der Waals surface area contributed by atoms with Crippen molar-refractivity contribution in [1.82, 2.24) is 15.2 Å². The van der Waals surface area contributed by atoms with E-state index in [0.29, 0.717) is 13.0 Å². The molecule has 2 bridgehead atoms. The molecule has 26 heavy (non-hydrogen) atoms. The highest BCUT2D eigenvalue weighted by atomic mass is 16.5. The predicted molar refractivity (Wildman–Crippen MR) is 96.1 cm³/mol. The zero-order chi connectivity index (χ0) is 18.5. The van der Waals surface area contributed by atoms with Crippen molar-refractivity contribution < 1.29 is 14.3 Å². The molecule has 1 spiro atoms. The van der Waals surface area contributed by atoms with E-state index in [9.17, 15) is 9.59 Å². The summed E-state index contributed by atoms with van der Waals surface area (Å²) in [7, 11) is 0. The molecule has 1 N–H and O–H groups in total. The Bertz CT molecular complexity index is 748. The minimum atomic E-state index is -0.627. The number of nitrogens with one attached hydrogen (secondary N) is 1. The molecule has 1 aromatic heterocycles. The topological polar surface area (TPSA) is 71.5 Å². The molecule has 4 rings (SSSR count). The highest BCUT2D eigenvalue weighted by molar-refractivity contribution is 5.93. The molecule has 1 aromatic rings. The van der Waals surface area contributed by atoms with Crippen LogP contribution in [-0.4, -0.2) is 52.0 Å². The van der Waals surface area contributed by atoms with Gasteiger partial charge in [0.05, 0.1) is 24.5 Å². The summed E-state index contributed by atoms with van der Waals surface area (Å²) in [5.41, 5.74) is 0.307. The van der Waals surface area contributed by atoms with E-state index >= 15 is 0 Å². The van der Waals surface area contributed by atoms with Crippen molar-refractivity contribution in [3.63, 3.8) is 0 Å². The molecule has 6 nitrogen and oxygen atoms in total. The fraction of sp³-hybridized carbons (Fsp3) is 0.550. The lowest BCUT2D eigenvalue weighted by atomic mass is 9.76. The van der Waals surface area contributed by atoms with Gasteiger partial charge in [-0.2, -0.15) is 0 Å². The molecule has 0 aromatic carbocycles. The van der Waals surface area contributed by atoms with E-state index in [0.717, 1.165) is 5.69 Å². The van der Waals surface area contributed by atoms with Gasteiger partial charge in [-0.1, -0.05) is 18.2 Å². The standard InChI is InChI=1S/C20H25N3O3/c1-12(2)23-11-20-8-7-15(26-20)16(17(20)19(23)25)18(24)22-13(3)10-14-6-4-5-9-21-14/h4-9,12-13,15-17H,10-11H2,1-3H3,(H,22,24)/t13-,15-,16-,17-,20+/m1/s1. The third kappa shape index (κ3) is 2.63. The minimum absolute atomic E-state index is 0.0318. The molecule has 3 aliphatic rings. The van der Waals surface area contributed by atoms with E-state index in [1.54, 1.807) is 6.20 Å². The van der Waals surface area contributed by atoms with Gasteiger partial charge in [0.25, 0.3) is 0 Å². The number of ether oxygens (including phenoxy) is 1. The molecule has 3 aliphatic heterocycles. The largest absolute Gasteiger partial charge is 0.360 e. The Morgan fingerprint density at radius 2 is 2.23 bits per heavy atom. The maximum Gasteiger partial charge on any atom is 0.230 e. The Hall–Kier alpha value is -2.21. The number of amides is 2. The van der Waals surface area contributed by atoms with E-state index in [-0.39, 0.29) is 30.0 Å². The van der Waals surface area contributed by atoms with Gasteiger partial charge in [0, 0.05) is 30.4 Å². The van der Waals surface area contributed by atoms with E-state index < -0.39 is 17.4 Å². The van der Waals surface area contributed by atoms with Gasteiger partial charge >= 0.3 is 0 Å². The first-order valence-electron chi connectivity index (χ1n) is 9.29. The van der Waals surface area contributed by atoms with Crippen LogP contribution in [0.4, 0.5) is 0 Å². The van der Waals surface area contributed by atoms with Crippen LogP contribution in [0.2, 0.25) is 0 Å². The average Bonchev–Trinajstić information content (AvgIpc) is 3.24. The third-order valence-corrected chi connectivity index (χ3v) is 5.69. The van der Waals surface area contributed by atoms with E-state index in [2.05, 4.69) is 10.3 Å². The molecule has 2 saturated heterocycles. The van der Waals surface area contributed by atoms with Gasteiger partial charge in [-0.05, 0) is 32.9 Å². The van der Waals surface area contributed by atoms with Gasteiger partial charge in [0.15, 0.2) is 0 Å².